The Morgan fingerprint density at radius 2 is 2.04 bits per heavy atom. The second-order valence-corrected chi connectivity index (χ2v) is 6.16. The SMILES string of the molecule is CC1=NC2(CCN(C(=O)CCc3ccccc3F)CC2)C(=O)N1. The number of likely N-dealkylation sites (tertiary alicyclic amines) is 1. The van der Waals surface area contributed by atoms with Crippen LogP contribution >= 0.6 is 0 Å². The van der Waals surface area contributed by atoms with E-state index in [-0.39, 0.29) is 24.1 Å². The van der Waals surface area contributed by atoms with E-state index in [0.717, 1.165) is 0 Å². The van der Waals surface area contributed by atoms with Crippen molar-refractivity contribution in [3.8, 4) is 0 Å². The highest BCUT2D eigenvalue weighted by Crippen LogP contribution is 2.30. The van der Waals surface area contributed by atoms with Gasteiger partial charge in [0.15, 0.2) is 0 Å². The summed E-state index contributed by atoms with van der Waals surface area (Å²) in [6, 6.07) is 6.52. The van der Waals surface area contributed by atoms with Crippen molar-refractivity contribution in [2.24, 2.45) is 4.99 Å². The lowest BCUT2D eigenvalue weighted by Crippen LogP contribution is -2.50. The Morgan fingerprint density at radius 1 is 1.35 bits per heavy atom. The summed E-state index contributed by atoms with van der Waals surface area (Å²) in [4.78, 5) is 30.5. The highest BCUT2D eigenvalue weighted by atomic mass is 19.1. The highest BCUT2D eigenvalue weighted by molar-refractivity contribution is 6.07. The van der Waals surface area contributed by atoms with Crippen molar-refractivity contribution in [1.29, 1.82) is 0 Å². The molecule has 0 saturated carbocycles. The summed E-state index contributed by atoms with van der Waals surface area (Å²) in [6.07, 6.45) is 1.76. The molecule has 6 heteroatoms. The predicted molar refractivity (Wildman–Crippen MR) is 84.5 cm³/mol. The van der Waals surface area contributed by atoms with E-state index >= 15 is 0 Å². The van der Waals surface area contributed by atoms with Crippen molar-refractivity contribution >= 4 is 17.6 Å². The second kappa shape index (κ2) is 6.10. The second-order valence-electron chi connectivity index (χ2n) is 6.16. The third kappa shape index (κ3) is 3.11. The number of amides is 2. The molecule has 1 N–H and O–H groups in total. The van der Waals surface area contributed by atoms with E-state index in [1.165, 1.54) is 6.07 Å². The van der Waals surface area contributed by atoms with Crippen molar-refractivity contribution < 1.29 is 14.0 Å². The monoisotopic (exact) mass is 317 g/mol. The van der Waals surface area contributed by atoms with E-state index in [1.807, 2.05) is 0 Å². The maximum absolute atomic E-state index is 13.6. The van der Waals surface area contributed by atoms with Gasteiger partial charge in [-0.1, -0.05) is 18.2 Å². The Balaban J connectivity index is 1.55. The number of carbonyl (C=O) groups is 2. The van der Waals surface area contributed by atoms with Crippen LogP contribution in [0, 0.1) is 5.82 Å². The van der Waals surface area contributed by atoms with Gasteiger partial charge in [0, 0.05) is 19.5 Å². The van der Waals surface area contributed by atoms with Gasteiger partial charge < -0.3 is 10.2 Å². The minimum Gasteiger partial charge on any atom is -0.342 e. The Hall–Kier alpha value is -2.24. The molecular weight excluding hydrogens is 297 g/mol. The average molecular weight is 317 g/mol. The van der Waals surface area contributed by atoms with Gasteiger partial charge in [-0.05, 0) is 37.8 Å². The molecule has 2 aliphatic rings. The third-order valence-electron chi connectivity index (χ3n) is 4.61. The Kier molecular flexibility index (Phi) is 4.15. The van der Waals surface area contributed by atoms with Gasteiger partial charge in [-0.3, -0.25) is 14.6 Å². The Labute approximate surface area is 134 Å². The van der Waals surface area contributed by atoms with E-state index in [4.69, 9.17) is 0 Å². The Bertz CT molecular complexity index is 664. The molecule has 1 aromatic rings. The molecule has 5 nitrogen and oxygen atoms in total. The fraction of sp³-hybridized carbons (Fsp3) is 0.471. The molecule has 0 aliphatic carbocycles. The quantitative estimate of drug-likeness (QED) is 0.922. The van der Waals surface area contributed by atoms with Crippen LogP contribution in [0.1, 0.15) is 31.7 Å². The van der Waals surface area contributed by atoms with E-state index in [0.29, 0.717) is 43.8 Å². The number of nitrogens with zero attached hydrogens (tertiary/aromatic N) is 2. The molecule has 2 amide bonds. The molecule has 0 radical (unpaired) electrons. The van der Waals surface area contributed by atoms with Gasteiger partial charge in [-0.25, -0.2) is 4.39 Å². The van der Waals surface area contributed by atoms with Crippen molar-refractivity contribution in [2.45, 2.75) is 38.1 Å². The predicted octanol–water partition coefficient (Wildman–Crippen LogP) is 1.67. The van der Waals surface area contributed by atoms with Gasteiger partial charge in [-0.2, -0.15) is 0 Å². The third-order valence-corrected chi connectivity index (χ3v) is 4.61. The molecule has 1 aromatic carbocycles. The molecule has 1 fully saturated rings. The van der Waals surface area contributed by atoms with Crippen LogP contribution in [0.5, 0.6) is 0 Å². The van der Waals surface area contributed by atoms with Gasteiger partial charge >= 0.3 is 0 Å². The van der Waals surface area contributed by atoms with Gasteiger partial charge in [0.1, 0.15) is 17.2 Å². The summed E-state index contributed by atoms with van der Waals surface area (Å²) in [5.74, 6) is 0.315. The molecule has 0 atom stereocenters. The normalized spacial score (nSPS) is 19.7. The van der Waals surface area contributed by atoms with Crippen LogP contribution in [0.25, 0.3) is 0 Å². The van der Waals surface area contributed by atoms with Crippen LogP contribution in [0.3, 0.4) is 0 Å². The first-order valence-corrected chi connectivity index (χ1v) is 7.89. The van der Waals surface area contributed by atoms with E-state index in [9.17, 15) is 14.0 Å². The lowest BCUT2D eigenvalue weighted by Gasteiger charge is -2.35. The molecule has 0 unspecified atom stereocenters. The average Bonchev–Trinajstić information content (AvgIpc) is 2.80. The summed E-state index contributed by atoms with van der Waals surface area (Å²) < 4.78 is 13.6. The molecule has 0 aromatic heterocycles. The first kappa shape index (κ1) is 15.6. The number of amidine groups is 1. The number of benzene rings is 1. The summed E-state index contributed by atoms with van der Waals surface area (Å²) in [5.41, 5.74) is -0.128. The number of carbonyl (C=O) groups excluding carboxylic acids is 2. The first-order chi connectivity index (χ1) is 11.0. The van der Waals surface area contributed by atoms with Crippen LogP contribution in [-0.2, 0) is 16.0 Å². The number of nitrogens with one attached hydrogen (secondary N) is 1. The zero-order valence-corrected chi connectivity index (χ0v) is 13.1. The summed E-state index contributed by atoms with van der Waals surface area (Å²) in [6.45, 7) is 2.80. The minimum absolute atomic E-state index is 0.00205. The molecular formula is C17H20FN3O2. The maximum Gasteiger partial charge on any atom is 0.253 e. The van der Waals surface area contributed by atoms with Crippen LogP contribution in [-0.4, -0.2) is 41.2 Å². The van der Waals surface area contributed by atoms with Crippen LogP contribution in [0.4, 0.5) is 4.39 Å². The molecule has 2 heterocycles. The lowest BCUT2D eigenvalue weighted by atomic mass is 9.88. The minimum atomic E-state index is -0.688. The zero-order valence-electron chi connectivity index (χ0n) is 13.1. The van der Waals surface area contributed by atoms with E-state index in [2.05, 4.69) is 10.3 Å². The van der Waals surface area contributed by atoms with Crippen molar-refractivity contribution in [1.82, 2.24) is 10.2 Å². The van der Waals surface area contributed by atoms with Gasteiger partial charge in [0.25, 0.3) is 5.91 Å². The fourth-order valence-corrected chi connectivity index (χ4v) is 3.25. The topological polar surface area (TPSA) is 61.8 Å². The van der Waals surface area contributed by atoms with Gasteiger partial charge in [0.2, 0.25) is 5.91 Å². The molecule has 1 spiro atoms. The number of hydrogen-bond donors (Lipinski definition) is 1. The largest absolute Gasteiger partial charge is 0.342 e. The Morgan fingerprint density at radius 3 is 2.65 bits per heavy atom. The number of rotatable bonds is 3. The molecule has 3 rings (SSSR count). The van der Waals surface area contributed by atoms with Crippen molar-refractivity contribution in [3.63, 3.8) is 0 Å². The van der Waals surface area contributed by atoms with Gasteiger partial charge in [0.05, 0.1) is 0 Å². The van der Waals surface area contributed by atoms with Crippen LogP contribution in [0.15, 0.2) is 29.3 Å². The number of piperidine rings is 1. The molecule has 2 aliphatic heterocycles. The number of aryl methyl sites for hydroxylation is 1. The number of halogens is 1. The molecule has 0 bridgehead atoms. The van der Waals surface area contributed by atoms with E-state index < -0.39 is 5.54 Å². The fourth-order valence-electron chi connectivity index (χ4n) is 3.25. The first-order valence-electron chi connectivity index (χ1n) is 7.89. The molecule has 122 valence electrons. The molecule has 23 heavy (non-hydrogen) atoms. The van der Waals surface area contributed by atoms with Gasteiger partial charge in [-0.15, -0.1) is 0 Å². The standard InChI is InChI=1S/C17H20FN3O2/c1-12-19-16(23)17(20-12)8-10-21(11-9-17)15(22)7-6-13-4-2-3-5-14(13)18/h2-5H,6-11H2,1H3,(H,19,20,23). The molecule has 1 saturated heterocycles. The highest BCUT2D eigenvalue weighted by Gasteiger charge is 2.45. The maximum atomic E-state index is 13.6. The summed E-state index contributed by atoms with van der Waals surface area (Å²) >= 11 is 0. The lowest BCUT2D eigenvalue weighted by molar-refractivity contribution is -0.135. The van der Waals surface area contributed by atoms with Crippen LogP contribution in [0.2, 0.25) is 0 Å². The van der Waals surface area contributed by atoms with E-state index in [1.54, 1.807) is 30.0 Å². The number of aliphatic imine (C=N–C) groups is 1. The summed E-state index contributed by atoms with van der Waals surface area (Å²) in [5, 5.41) is 2.74. The van der Waals surface area contributed by atoms with Crippen LogP contribution < -0.4 is 5.32 Å². The number of hydrogen-bond acceptors (Lipinski definition) is 3. The smallest absolute Gasteiger partial charge is 0.253 e. The summed E-state index contributed by atoms with van der Waals surface area (Å²) in [7, 11) is 0. The zero-order chi connectivity index (χ0) is 16.4. The van der Waals surface area contributed by atoms with Crippen molar-refractivity contribution in [2.75, 3.05) is 13.1 Å². The van der Waals surface area contributed by atoms with Crippen molar-refractivity contribution in [3.05, 3.63) is 35.6 Å².